The largest absolute Gasteiger partial charge is 0.494 e. The Morgan fingerprint density at radius 3 is 2.54 bits per heavy atom. The Labute approximate surface area is 143 Å². The molecule has 1 amide bonds. The maximum atomic E-state index is 12.4. The molecule has 1 aliphatic carbocycles. The minimum absolute atomic E-state index is 0.373. The minimum atomic E-state index is -1.09. The average molecular weight is 346 g/mol. The van der Waals surface area contributed by atoms with Crippen LogP contribution in [-0.2, 0) is 4.79 Å². The fraction of sp³-hybridized carbons (Fsp3) is 0.353. The van der Waals surface area contributed by atoms with Crippen LogP contribution in [0.1, 0.15) is 35.1 Å². The Balaban J connectivity index is 1.79. The van der Waals surface area contributed by atoms with Crippen molar-refractivity contribution in [1.82, 2.24) is 10.3 Å². The van der Waals surface area contributed by atoms with Crippen molar-refractivity contribution in [1.29, 1.82) is 0 Å². The van der Waals surface area contributed by atoms with Crippen LogP contribution in [0.25, 0.3) is 10.6 Å². The van der Waals surface area contributed by atoms with Crippen LogP contribution in [0.2, 0.25) is 0 Å². The van der Waals surface area contributed by atoms with E-state index in [4.69, 9.17) is 4.74 Å². The Bertz CT molecular complexity index is 778. The van der Waals surface area contributed by atoms with E-state index in [1.807, 2.05) is 31.2 Å². The van der Waals surface area contributed by atoms with Crippen LogP contribution < -0.4 is 10.1 Å². The number of hydrogen-bond acceptors (Lipinski definition) is 5. The number of ether oxygens (including phenoxy) is 1. The van der Waals surface area contributed by atoms with Gasteiger partial charge in [-0.15, -0.1) is 11.3 Å². The summed E-state index contributed by atoms with van der Waals surface area (Å²) in [6.45, 7) is 4.28. The van der Waals surface area contributed by atoms with Crippen molar-refractivity contribution in [3.63, 3.8) is 0 Å². The molecule has 6 nitrogen and oxygen atoms in total. The summed E-state index contributed by atoms with van der Waals surface area (Å²) >= 11 is 1.26. The van der Waals surface area contributed by atoms with Crippen molar-refractivity contribution in [2.75, 3.05) is 6.61 Å². The molecule has 1 heterocycles. The first-order chi connectivity index (χ1) is 11.4. The summed E-state index contributed by atoms with van der Waals surface area (Å²) in [4.78, 5) is 28.5. The second-order valence-corrected chi connectivity index (χ2v) is 6.73. The summed E-state index contributed by atoms with van der Waals surface area (Å²) in [6, 6.07) is 7.51. The van der Waals surface area contributed by atoms with E-state index in [0.29, 0.717) is 30.0 Å². The van der Waals surface area contributed by atoms with Gasteiger partial charge in [0.15, 0.2) is 0 Å². The molecule has 0 bridgehead atoms. The lowest BCUT2D eigenvalue weighted by atomic mass is 10.2. The Kier molecular flexibility index (Phi) is 4.28. The highest BCUT2D eigenvalue weighted by Gasteiger charge is 2.52. The number of carbonyl (C=O) groups is 2. The van der Waals surface area contributed by atoms with Crippen molar-refractivity contribution in [2.24, 2.45) is 0 Å². The lowest BCUT2D eigenvalue weighted by Crippen LogP contribution is -2.42. The number of aryl methyl sites for hydroxylation is 1. The molecule has 2 aromatic rings. The fourth-order valence-corrected chi connectivity index (χ4v) is 3.35. The highest BCUT2D eigenvalue weighted by molar-refractivity contribution is 7.17. The van der Waals surface area contributed by atoms with E-state index in [1.54, 1.807) is 6.92 Å². The molecule has 0 aliphatic heterocycles. The Morgan fingerprint density at radius 2 is 2.00 bits per heavy atom. The van der Waals surface area contributed by atoms with Gasteiger partial charge in [-0.3, -0.25) is 4.79 Å². The quantitative estimate of drug-likeness (QED) is 0.839. The fourth-order valence-electron chi connectivity index (χ4n) is 2.38. The Hall–Kier alpha value is -2.41. The molecular weight excluding hydrogens is 328 g/mol. The van der Waals surface area contributed by atoms with Gasteiger partial charge in [0.25, 0.3) is 5.91 Å². The third kappa shape index (κ3) is 3.12. The van der Waals surface area contributed by atoms with Crippen LogP contribution in [-0.4, -0.2) is 34.1 Å². The number of benzene rings is 1. The molecule has 24 heavy (non-hydrogen) atoms. The smallest absolute Gasteiger partial charge is 0.329 e. The zero-order valence-corrected chi connectivity index (χ0v) is 14.3. The summed E-state index contributed by atoms with van der Waals surface area (Å²) < 4.78 is 5.41. The predicted molar refractivity (Wildman–Crippen MR) is 90.5 cm³/mol. The van der Waals surface area contributed by atoms with E-state index in [0.717, 1.165) is 16.3 Å². The molecule has 0 atom stereocenters. The van der Waals surface area contributed by atoms with E-state index in [9.17, 15) is 14.7 Å². The monoisotopic (exact) mass is 346 g/mol. The number of carbonyl (C=O) groups excluding carboxylic acids is 1. The molecule has 126 valence electrons. The number of rotatable bonds is 6. The van der Waals surface area contributed by atoms with Crippen LogP contribution in [0.15, 0.2) is 24.3 Å². The van der Waals surface area contributed by atoms with Gasteiger partial charge in [0.2, 0.25) is 0 Å². The number of nitrogens with one attached hydrogen (secondary N) is 1. The second kappa shape index (κ2) is 6.24. The van der Waals surface area contributed by atoms with Gasteiger partial charge in [0.1, 0.15) is 21.2 Å². The molecule has 0 unspecified atom stereocenters. The van der Waals surface area contributed by atoms with Crippen LogP contribution >= 0.6 is 11.3 Å². The van der Waals surface area contributed by atoms with E-state index < -0.39 is 11.5 Å². The maximum absolute atomic E-state index is 12.4. The van der Waals surface area contributed by atoms with Crippen LogP contribution in [0.5, 0.6) is 5.75 Å². The molecule has 0 saturated heterocycles. The maximum Gasteiger partial charge on any atom is 0.329 e. The third-order valence-electron chi connectivity index (χ3n) is 3.93. The topological polar surface area (TPSA) is 88.5 Å². The highest BCUT2D eigenvalue weighted by Crippen LogP contribution is 2.37. The average Bonchev–Trinajstić information content (AvgIpc) is 3.23. The van der Waals surface area contributed by atoms with Gasteiger partial charge in [-0.25, -0.2) is 9.78 Å². The number of nitrogens with zero attached hydrogens (tertiary/aromatic N) is 1. The van der Waals surface area contributed by atoms with E-state index >= 15 is 0 Å². The molecule has 1 aromatic carbocycles. The molecule has 2 N–H and O–H groups in total. The van der Waals surface area contributed by atoms with Gasteiger partial charge in [-0.1, -0.05) is 0 Å². The first-order valence-corrected chi connectivity index (χ1v) is 8.53. The van der Waals surface area contributed by atoms with Gasteiger partial charge in [0.05, 0.1) is 12.3 Å². The number of aliphatic carboxylic acids is 1. The SMILES string of the molecule is CCOc1ccc(-c2nc(C)c(C(=O)NC3(C(=O)O)CC3)s2)cc1. The number of amides is 1. The lowest BCUT2D eigenvalue weighted by Gasteiger charge is -2.11. The molecule has 0 radical (unpaired) electrons. The number of carboxylic acids is 1. The molecule has 0 spiro atoms. The zero-order valence-electron chi connectivity index (χ0n) is 13.5. The van der Waals surface area contributed by atoms with Gasteiger partial charge in [0, 0.05) is 5.56 Å². The molecule has 7 heteroatoms. The van der Waals surface area contributed by atoms with Crippen molar-refractivity contribution in [2.45, 2.75) is 32.2 Å². The van der Waals surface area contributed by atoms with Gasteiger partial charge in [-0.2, -0.15) is 0 Å². The van der Waals surface area contributed by atoms with E-state index in [2.05, 4.69) is 10.3 Å². The summed E-state index contributed by atoms with van der Waals surface area (Å²) in [5.41, 5.74) is 0.403. The molecular formula is C17H18N2O4S. The number of hydrogen-bond donors (Lipinski definition) is 2. The molecule has 1 saturated carbocycles. The lowest BCUT2D eigenvalue weighted by molar-refractivity contribution is -0.140. The molecule has 1 aliphatic rings. The standard InChI is InChI=1S/C17H18N2O4S/c1-3-23-12-6-4-11(5-7-12)15-18-10(2)13(24-15)14(20)19-17(8-9-17)16(21)22/h4-7H,3,8-9H2,1-2H3,(H,19,20)(H,21,22). The number of carboxylic acid groups (broad SMARTS) is 1. The van der Waals surface area contributed by atoms with E-state index in [1.165, 1.54) is 11.3 Å². The summed E-state index contributed by atoms with van der Waals surface area (Å²) in [6.07, 6.45) is 0.940. The minimum Gasteiger partial charge on any atom is -0.494 e. The van der Waals surface area contributed by atoms with Crippen LogP contribution in [0, 0.1) is 6.92 Å². The first-order valence-electron chi connectivity index (χ1n) is 7.72. The summed E-state index contributed by atoms with van der Waals surface area (Å²) in [5, 5.41) is 12.5. The van der Waals surface area contributed by atoms with Gasteiger partial charge < -0.3 is 15.2 Å². The van der Waals surface area contributed by atoms with Crippen LogP contribution in [0.3, 0.4) is 0 Å². The molecule has 3 rings (SSSR count). The van der Waals surface area contributed by atoms with Crippen molar-refractivity contribution < 1.29 is 19.4 Å². The van der Waals surface area contributed by atoms with Crippen molar-refractivity contribution in [3.05, 3.63) is 34.8 Å². The number of aromatic nitrogens is 1. The van der Waals surface area contributed by atoms with Crippen molar-refractivity contribution in [3.8, 4) is 16.3 Å². The third-order valence-corrected chi connectivity index (χ3v) is 5.13. The summed E-state index contributed by atoms with van der Waals surface area (Å²) in [7, 11) is 0. The molecule has 1 fully saturated rings. The molecule has 1 aromatic heterocycles. The van der Waals surface area contributed by atoms with Gasteiger partial charge in [-0.05, 0) is 51.0 Å². The van der Waals surface area contributed by atoms with Crippen molar-refractivity contribution >= 4 is 23.2 Å². The normalized spacial score (nSPS) is 14.9. The van der Waals surface area contributed by atoms with Crippen LogP contribution in [0.4, 0.5) is 0 Å². The predicted octanol–water partition coefficient (Wildman–Crippen LogP) is 2.86. The highest BCUT2D eigenvalue weighted by atomic mass is 32.1. The Morgan fingerprint density at radius 1 is 1.33 bits per heavy atom. The van der Waals surface area contributed by atoms with Gasteiger partial charge >= 0.3 is 5.97 Å². The zero-order chi connectivity index (χ0) is 17.3. The summed E-state index contributed by atoms with van der Waals surface area (Å²) in [5.74, 6) is -0.573. The first kappa shape index (κ1) is 16.4. The van der Waals surface area contributed by atoms with E-state index in [-0.39, 0.29) is 5.91 Å². The number of thiazole rings is 1. The second-order valence-electron chi connectivity index (χ2n) is 5.73.